The molecule has 7 nitrogen and oxygen atoms in total. The Bertz CT molecular complexity index is 1050. The lowest BCUT2D eigenvalue weighted by molar-refractivity contribution is 0.237. The number of aromatic nitrogens is 3. The second kappa shape index (κ2) is 10.3. The van der Waals surface area contributed by atoms with Crippen molar-refractivity contribution in [2.45, 2.75) is 44.6 Å². The summed E-state index contributed by atoms with van der Waals surface area (Å²) >= 11 is 9.90. The fourth-order valence-electron chi connectivity index (χ4n) is 3.84. The topological polar surface area (TPSA) is 83.3 Å². The minimum absolute atomic E-state index is 0.0542. The van der Waals surface area contributed by atoms with Crippen molar-refractivity contribution >= 4 is 45.0 Å². The zero-order valence-electron chi connectivity index (χ0n) is 17.2. The molecule has 31 heavy (non-hydrogen) atoms. The molecular formula is C22H26BrClN6O. The molecule has 0 radical (unpaired) electrons. The van der Waals surface area contributed by atoms with Gasteiger partial charge in [0.1, 0.15) is 5.82 Å². The summed E-state index contributed by atoms with van der Waals surface area (Å²) < 4.78 is 2.60. The molecule has 1 fully saturated rings. The van der Waals surface area contributed by atoms with Gasteiger partial charge in [0.25, 0.3) is 0 Å². The molecule has 3 N–H and O–H groups in total. The zero-order chi connectivity index (χ0) is 21.6. The van der Waals surface area contributed by atoms with Crippen molar-refractivity contribution in [3.63, 3.8) is 0 Å². The molecule has 4 rings (SSSR count). The van der Waals surface area contributed by atoms with E-state index in [0.717, 1.165) is 59.4 Å². The molecule has 0 atom stereocenters. The van der Waals surface area contributed by atoms with Crippen molar-refractivity contribution in [2.24, 2.45) is 0 Å². The third-order valence-electron chi connectivity index (χ3n) is 5.46. The lowest BCUT2D eigenvalue weighted by Crippen LogP contribution is -2.41. The molecule has 1 aromatic carbocycles. The smallest absolute Gasteiger partial charge is 0.315 e. The van der Waals surface area contributed by atoms with E-state index in [2.05, 4.69) is 37.0 Å². The van der Waals surface area contributed by atoms with Gasteiger partial charge >= 0.3 is 6.03 Å². The summed E-state index contributed by atoms with van der Waals surface area (Å²) in [5.41, 5.74) is 2.39. The highest BCUT2D eigenvalue weighted by Crippen LogP contribution is 2.30. The number of fused-ring (bicyclic) bond motifs is 1. The maximum absolute atomic E-state index is 11.9. The summed E-state index contributed by atoms with van der Waals surface area (Å²) in [6.07, 6.45) is 8.15. The van der Waals surface area contributed by atoms with E-state index in [1.807, 2.05) is 30.3 Å². The van der Waals surface area contributed by atoms with Crippen LogP contribution in [0.5, 0.6) is 0 Å². The highest BCUT2D eigenvalue weighted by molar-refractivity contribution is 9.10. The van der Waals surface area contributed by atoms with Crippen molar-refractivity contribution in [3.05, 3.63) is 46.0 Å². The number of hydrogen-bond acceptors (Lipinski definition) is 4. The number of halogens is 2. The summed E-state index contributed by atoms with van der Waals surface area (Å²) in [6, 6.07) is 9.91. The van der Waals surface area contributed by atoms with E-state index in [9.17, 15) is 4.79 Å². The maximum Gasteiger partial charge on any atom is 0.315 e. The van der Waals surface area contributed by atoms with Gasteiger partial charge < -0.3 is 16.0 Å². The number of hydrogen-bond donors (Lipinski definition) is 3. The number of benzene rings is 1. The van der Waals surface area contributed by atoms with Crippen LogP contribution in [0.2, 0.25) is 5.02 Å². The predicted octanol–water partition coefficient (Wildman–Crippen LogP) is 5.25. The molecule has 1 saturated carbocycles. The number of carbonyl (C=O) groups is 1. The van der Waals surface area contributed by atoms with Gasteiger partial charge in [-0.2, -0.15) is 9.61 Å². The summed E-state index contributed by atoms with van der Waals surface area (Å²) in [6.45, 7) is 1.41. The summed E-state index contributed by atoms with van der Waals surface area (Å²) in [5.74, 6) is 0.845. The molecule has 9 heteroatoms. The molecular weight excluding hydrogens is 480 g/mol. The van der Waals surface area contributed by atoms with Gasteiger partial charge in [-0.1, -0.05) is 42.6 Å². The molecule has 0 bridgehead atoms. The summed E-state index contributed by atoms with van der Waals surface area (Å²) in [4.78, 5) is 16.7. The Morgan fingerprint density at radius 3 is 2.77 bits per heavy atom. The van der Waals surface area contributed by atoms with Gasteiger partial charge in [0.2, 0.25) is 0 Å². The first-order valence-corrected chi connectivity index (χ1v) is 11.9. The van der Waals surface area contributed by atoms with Gasteiger partial charge in [0, 0.05) is 35.8 Å². The minimum Gasteiger partial charge on any atom is -0.370 e. The number of unbranched alkanes of at least 4 members (excludes halogenated alkanes) is 1. The maximum atomic E-state index is 11.9. The lowest BCUT2D eigenvalue weighted by Gasteiger charge is -2.13. The number of carbonyl (C=O) groups excluding carboxylic acids is 1. The average Bonchev–Trinajstić information content (AvgIpc) is 3.41. The SMILES string of the molecule is O=C(NCCCCNc1cc(-c2ccccc2Cl)nc2c(Br)cnn12)NC1CCCC1. The average molecular weight is 506 g/mol. The van der Waals surface area contributed by atoms with E-state index >= 15 is 0 Å². The number of anilines is 1. The van der Waals surface area contributed by atoms with Crippen molar-refractivity contribution < 1.29 is 4.79 Å². The molecule has 164 valence electrons. The van der Waals surface area contributed by atoms with Gasteiger partial charge in [-0.15, -0.1) is 0 Å². The molecule has 2 amide bonds. The second-order valence-corrected chi connectivity index (χ2v) is 9.01. The molecule has 0 saturated heterocycles. The number of urea groups is 1. The van der Waals surface area contributed by atoms with Crippen LogP contribution in [0.3, 0.4) is 0 Å². The molecule has 0 spiro atoms. The molecule has 0 unspecified atom stereocenters. The Labute approximate surface area is 195 Å². The molecule has 1 aliphatic rings. The Kier molecular flexibility index (Phi) is 7.29. The molecule has 1 aliphatic carbocycles. The molecule has 2 heterocycles. The van der Waals surface area contributed by atoms with E-state index < -0.39 is 0 Å². The number of nitrogens with one attached hydrogen (secondary N) is 3. The van der Waals surface area contributed by atoms with Gasteiger partial charge in [0.05, 0.1) is 16.4 Å². The highest BCUT2D eigenvalue weighted by Gasteiger charge is 2.16. The van der Waals surface area contributed by atoms with Crippen LogP contribution in [0, 0.1) is 0 Å². The number of nitrogens with zero attached hydrogens (tertiary/aromatic N) is 3. The number of amides is 2. The van der Waals surface area contributed by atoms with Gasteiger partial charge in [-0.3, -0.25) is 0 Å². The van der Waals surface area contributed by atoms with E-state index in [1.165, 1.54) is 12.8 Å². The first-order chi connectivity index (χ1) is 15.1. The van der Waals surface area contributed by atoms with Crippen LogP contribution < -0.4 is 16.0 Å². The Balaban J connectivity index is 1.33. The van der Waals surface area contributed by atoms with E-state index in [-0.39, 0.29) is 6.03 Å². The third-order valence-corrected chi connectivity index (χ3v) is 6.35. The summed E-state index contributed by atoms with van der Waals surface area (Å²) in [5, 5.41) is 14.5. The van der Waals surface area contributed by atoms with Crippen LogP contribution in [0.1, 0.15) is 38.5 Å². The number of rotatable bonds is 8. The third kappa shape index (κ3) is 5.49. The fourth-order valence-corrected chi connectivity index (χ4v) is 4.42. The van der Waals surface area contributed by atoms with Crippen LogP contribution >= 0.6 is 27.5 Å². The molecule has 2 aromatic heterocycles. The monoisotopic (exact) mass is 504 g/mol. The predicted molar refractivity (Wildman–Crippen MR) is 128 cm³/mol. The van der Waals surface area contributed by atoms with Crippen LogP contribution in [0.25, 0.3) is 16.9 Å². The van der Waals surface area contributed by atoms with Gasteiger partial charge in [-0.05, 0) is 47.7 Å². The Morgan fingerprint density at radius 2 is 1.97 bits per heavy atom. The van der Waals surface area contributed by atoms with Crippen LogP contribution in [0.4, 0.5) is 10.6 Å². The van der Waals surface area contributed by atoms with Crippen LogP contribution in [-0.4, -0.2) is 39.8 Å². The van der Waals surface area contributed by atoms with Crippen LogP contribution in [-0.2, 0) is 0 Å². The molecule has 3 aromatic rings. The largest absolute Gasteiger partial charge is 0.370 e. The zero-order valence-corrected chi connectivity index (χ0v) is 19.5. The highest BCUT2D eigenvalue weighted by atomic mass is 79.9. The fraction of sp³-hybridized carbons (Fsp3) is 0.409. The summed E-state index contributed by atoms with van der Waals surface area (Å²) in [7, 11) is 0. The normalized spacial score (nSPS) is 14.1. The Morgan fingerprint density at radius 1 is 1.19 bits per heavy atom. The Hall–Kier alpha value is -2.32. The molecule has 0 aliphatic heterocycles. The quantitative estimate of drug-likeness (QED) is 0.365. The van der Waals surface area contributed by atoms with Gasteiger partial charge in [-0.25, -0.2) is 9.78 Å². The van der Waals surface area contributed by atoms with Crippen molar-refractivity contribution in [3.8, 4) is 11.3 Å². The lowest BCUT2D eigenvalue weighted by atomic mass is 10.1. The minimum atomic E-state index is -0.0542. The van der Waals surface area contributed by atoms with Crippen molar-refractivity contribution in [1.82, 2.24) is 25.2 Å². The standard InChI is InChI=1S/C22H26BrClN6O/c23-17-14-27-30-20(13-19(29-21(17)30)16-9-3-4-10-18(16)24)25-11-5-6-12-26-22(31)28-15-7-1-2-8-15/h3-4,9-10,13-15,25H,1-2,5-8,11-12H2,(H2,26,28,31). The van der Waals surface area contributed by atoms with E-state index in [0.29, 0.717) is 17.6 Å². The second-order valence-electron chi connectivity index (χ2n) is 7.75. The van der Waals surface area contributed by atoms with E-state index in [4.69, 9.17) is 16.6 Å². The first kappa shape index (κ1) is 21.9. The van der Waals surface area contributed by atoms with Crippen molar-refractivity contribution in [2.75, 3.05) is 18.4 Å². The van der Waals surface area contributed by atoms with Crippen molar-refractivity contribution in [1.29, 1.82) is 0 Å². The van der Waals surface area contributed by atoms with E-state index in [1.54, 1.807) is 10.7 Å². The first-order valence-electron chi connectivity index (χ1n) is 10.7. The van der Waals surface area contributed by atoms with Crippen LogP contribution in [0.15, 0.2) is 41.0 Å². The van der Waals surface area contributed by atoms with Gasteiger partial charge in [0.15, 0.2) is 5.65 Å².